The molecule has 34 heavy (non-hydrogen) atoms. The summed E-state index contributed by atoms with van der Waals surface area (Å²) in [6, 6.07) is 7.74. The topological polar surface area (TPSA) is 149 Å². The number of alkyl halides is 3. The molecule has 0 saturated heterocycles. The van der Waals surface area contributed by atoms with E-state index in [2.05, 4.69) is 0 Å². The van der Waals surface area contributed by atoms with Crippen LogP contribution >= 0.6 is 10.6 Å². The fourth-order valence-electron chi connectivity index (χ4n) is 3.93. The molecule has 0 spiro atoms. The van der Waals surface area contributed by atoms with Gasteiger partial charge in [0, 0.05) is 5.39 Å². The molecule has 2 aromatic carbocycles. The van der Waals surface area contributed by atoms with E-state index in [4.69, 9.17) is 5.11 Å². The Labute approximate surface area is 190 Å². The van der Waals surface area contributed by atoms with Gasteiger partial charge in [0.2, 0.25) is 0 Å². The zero-order valence-corrected chi connectivity index (χ0v) is 17.9. The number of hydrogen-bond donors (Lipinski definition) is 5. The molecule has 1 aliphatic heterocycles. The van der Waals surface area contributed by atoms with Gasteiger partial charge in [-0.2, -0.15) is 23.8 Å². The molecule has 0 radical (unpaired) electrons. The van der Waals surface area contributed by atoms with Gasteiger partial charge in [0.1, 0.15) is 17.9 Å². The Morgan fingerprint density at radius 2 is 1.76 bits per heavy atom. The van der Waals surface area contributed by atoms with Crippen molar-refractivity contribution in [3.63, 3.8) is 0 Å². The molecule has 0 bridgehead atoms. The number of nitrogens with one attached hydrogen (secondary N) is 1. The minimum atomic E-state index is -4.60. The van der Waals surface area contributed by atoms with E-state index in [9.17, 15) is 41.8 Å². The largest absolute Gasteiger partial charge is 0.506 e. The minimum absolute atomic E-state index is 0.0389. The summed E-state index contributed by atoms with van der Waals surface area (Å²) in [5.74, 6) is -3.29. The molecule has 1 amide bonds. The highest BCUT2D eigenvalue weighted by Gasteiger charge is 2.39. The summed E-state index contributed by atoms with van der Waals surface area (Å²) in [7, 11) is -3.71. The summed E-state index contributed by atoms with van der Waals surface area (Å²) in [5.41, 5.74) is -2.62. The van der Waals surface area contributed by atoms with E-state index in [1.54, 1.807) is 0 Å². The second kappa shape index (κ2) is 8.04. The molecule has 13 heteroatoms. The van der Waals surface area contributed by atoms with Crippen LogP contribution in [0.1, 0.15) is 26.7 Å². The van der Waals surface area contributed by atoms with Crippen molar-refractivity contribution in [1.82, 2.24) is 9.88 Å². The standard InChI is InChI=1S/C21H17F3N2O7S/c22-21(23,24)11-6-4-10(5-7-11)14-9-26-17-12(2-1-3-13(17)34(14,32)33)18(29)16(20(26)31)19(30)25-8-15(27)28/h1-7,14,29,32-33H,8-9H2,(H,25,30)(H,27,28). The van der Waals surface area contributed by atoms with Crippen LogP contribution in [0.3, 0.4) is 0 Å². The molecule has 2 heterocycles. The molecule has 1 unspecified atom stereocenters. The number of aromatic nitrogens is 1. The number of carboxylic acids is 1. The maximum Gasteiger partial charge on any atom is 0.416 e. The number of amides is 1. The molecular formula is C21H17F3N2O7S. The minimum Gasteiger partial charge on any atom is -0.506 e. The van der Waals surface area contributed by atoms with Crippen molar-refractivity contribution in [2.45, 2.75) is 22.9 Å². The van der Waals surface area contributed by atoms with Crippen molar-refractivity contribution < 1.29 is 42.1 Å². The van der Waals surface area contributed by atoms with E-state index in [0.29, 0.717) is 0 Å². The Morgan fingerprint density at radius 3 is 2.35 bits per heavy atom. The van der Waals surface area contributed by atoms with Crippen LogP contribution in [-0.4, -0.2) is 42.3 Å². The molecule has 0 aliphatic carbocycles. The molecule has 0 fully saturated rings. The number of carbonyl (C=O) groups is 2. The van der Waals surface area contributed by atoms with Gasteiger partial charge in [0.25, 0.3) is 11.5 Å². The Hall–Kier alpha value is -3.55. The molecule has 0 saturated carbocycles. The maximum atomic E-state index is 13.2. The Bertz CT molecular complexity index is 1380. The lowest BCUT2D eigenvalue weighted by atomic mass is 10.1. The molecule has 5 N–H and O–H groups in total. The summed E-state index contributed by atoms with van der Waals surface area (Å²) in [5, 5.41) is 20.1. The van der Waals surface area contributed by atoms with Gasteiger partial charge >= 0.3 is 12.1 Å². The van der Waals surface area contributed by atoms with E-state index in [1.165, 1.54) is 18.2 Å². The zero-order valence-electron chi connectivity index (χ0n) is 17.0. The summed E-state index contributed by atoms with van der Waals surface area (Å²) >= 11 is 0. The second-order valence-corrected chi connectivity index (χ2v) is 9.76. The number of nitrogens with zero attached hydrogens (tertiary/aromatic N) is 1. The number of pyridine rings is 1. The highest BCUT2D eigenvalue weighted by atomic mass is 32.3. The normalized spacial score (nSPS) is 17.9. The van der Waals surface area contributed by atoms with E-state index >= 15 is 0 Å². The summed E-state index contributed by atoms with van der Waals surface area (Å²) < 4.78 is 62.0. The smallest absolute Gasteiger partial charge is 0.416 e. The van der Waals surface area contributed by atoms with Crippen LogP contribution < -0.4 is 10.9 Å². The first-order valence-electron chi connectivity index (χ1n) is 9.66. The first-order valence-corrected chi connectivity index (χ1v) is 11.3. The Morgan fingerprint density at radius 1 is 1.12 bits per heavy atom. The number of benzene rings is 2. The highest BCUT2D eigenvalue weighted by molar-refractivity contribution is 8.24. The monoisotopic (exact) mass is 498 g/mol. The molecule has 1 aliphatic rings. The Kier molecular flexibility index (Phi) is 5.58. The van der Waals surface area contributed by atoms with Crippen molar-refractivity contribution in [2.75, 3.05) is 6.54 Å². The lowest BCUT2D eigenvalue weighted by Gasteiger charge is -2.45. The van der Waals surface area contributed by atoms with Crippen molar-refractivity contribution in [3.8, 4) is 5.75 Å². The number of hydrogen-bond acceptors (Lipinski definition) is 6. The first kappa shape index (κ1) is 23.6. The van der Waals surface area contributed by atoms with Gasteiger partial charge in [-0.1, -0.05) is 18.2 Å². The third kappa shape index (κ3) is 3.77. The van der Waals surface area contributed by atoms with Crippen LogP contribution in [0.4, 0.5) is 13.2 Å². The lowest BCUT2D eigenvalue weighted by Crippen LogP contribution is -2.38. The molecule has 3 aromatic rings. The van der Waals surface area contributed by atoms with Crippen LogP contribution in [0.15, 0.2) is 52.2 Å². The number of aromatic hydroxyl groups is 1. The van der Waals surface area contributed by atoms with E-state index in [0.717, 1.165) is 28.8 Å². The molecule has 9 nitrogen and oxygen atoms in total. The van der Waals surface area contributed by atoms with Gasteiger partial charge in [-0.15, -0.1) is 0 Å². The fourth-order valence-corrected chi connectivity index (χ4v) is 5.92. The van der Waals surface area contributed by atoms with Crippen molar-refractivity contribution >= 4 is 33.4 Å². The lowest BCUT2D eigenvalue weighted by molar-refractivity contribution is -0.138. The molecule has 4 rings (SSSR count). The summed E-state index contributed by atoms with van der Waals surface area (Å²) in [6.45, 7) is -1.23. The average Bonchev–Trinajstić information content (AvgIpc) is 2.76. The SMILES string of the molecule is O=C(O)CNC(=O)c1c(O)c2cccc3c2n(c1=O)CC(c1ccc(C(F)(F)F)cc1)S3(O)O. The Balaban J connectivity index is 1.89. The average molecular weight is 498 g/mol. The van der Waals surface area contributed by atoms with Crippen LogP contribution in [0.2, 0.25) is 0 Å². The number of rotatable bonds is 4. The predicted octanol–water partition coefficient (Wildman–Crippen LogP) is 3.40. The van der Waals surface area contributed by atoms with Crippen molar-refractivity contribution in [1.29, 1.82) is 0 Å². The number of carbonyl (C=O) groups excluding carboxylic acids is 1. The van der Waals surface area contributed by atoms with Gasteiger partial charge in [0.15, 0.2) is 0 Å². The third-order valence-corrected chi connectivity index (χ3v) is 7.72. The summed E-state index contributed by atoms with van der Waals surface area (Å²) in [4.78, 5) is 36.3. The highest BCUT2D eigenvalue weighted by Crippen LogP contribution is 2.64. The van der Waals surface area contributed by atoms with Crippen molar-refractivity contribution in [2.24, 2.45) is 0 Å². The van der Waals surface area contributed by atoms with Crippen LogP contribution in [0, 0.1) is 0 Å². The molecule has 1 atom stereocenters. The summed E-state index contributed by atoms with van der Waals surface area (Å²) in [6.07, 6.45) is -4.60. The molecular weight excluding hydrogens is 481 g/mol. The number of halogens is 3. The van der Waals surface area contributed by atoms with E-state index in [1.807, 2.05) is 5.32 Å². The maximum absolute atomic E-state index is 13.2. The van der Waals surface area contributed by atoms with E-state index in [-0.39, 0.29) is 21.4 Å². The van der Waals surface area contributed by atoms with Gasteiger partial charge in [0.05, 0.1) is 27.8 Å². The first-order chi connectivity index (χ1) is 15.8. The predicted molar refractivity (Wildman–Crippen MR) is 115 cm³/mol. The van der Waals surface area contributed by atoms with Gasteiger partial charge in [-0.25, -0.2) is 0 Å². The zero-order chi connectivity index (χ0) is 25.0. The molecule has 180 valence electrons. The van der Waals surface area contributed by atoms with Gasteiger partial charge in [-0.05, 0) is 29.8 Å². The van der Waals surface area contributed by atoms with Crippen LogP contribution in [0.5, 0.6) is 5.75 Å². The third-order valence-electron chi connectivity index (χ3n) is 5.53. The number of aliphatic carboxylic acids is 1. The number of carboxylic acid groups (broad SMARTS) is 1. The quantitative estimate of drug-likeness (QED) is 0.370. The molecule has 1 aromatic heterocycles. The second-order valence-electron chi connectivity index (χ2n) is 7.57. The van der Waals surface area contributed by atoms with E-state index < -0.39 is 69.4 Å². The van der Waals surface area contributed by atoms with Gasteiger partial charge in [-0.3, -0.25) is 23.5 Å². The van der Waals surface area contributed by atoms with Gasteiger partial charge < -0.3 is 20.1 Å². The van der Waals surface area contributed by atoms with Crippen LogP contribution in [0.25, 0.3) is 10.9 Å². The van der Waals surface area contributed by atoms with Crippen LogP contribution in [-0.2, 0) is 17.5 Å². The fraction of sp³-hybridized carbons (Fsp3) is 0.190. The number of para-hydroxylation sites is 1. The van der Waals surface area contributed by atoms with Crippen molar-refractivity contribution in [3.05, 3.63) is 69.5 Å².